The predicted molar refractivity (Wildman–Crippen MR) is 152 cm³/mol. The molecule has 192 valence electrons. The van der Waals surface area contributed by atoms with Crippen LogP contribution < -0.4 is 11.1 Å². The smallest absolute Gasteiger partial charge is 0.275 e. The molecule has 0 spiro atoms. The molecule has 0 aliphatic carbocycles. The molecule has 0 aliphatic heterocycles. The first kappa shape index (κ1) is 25.7. The number of nitrogens with one attached hydrogen (secondary N) is 2. The van der Waals surface area contributed by atoms with Crippen LogP contribution in [0.4, 0.5) is 5.69 Å². The Morgan fingerprint density at radius 2 is 1.16 bits per heavy atom. The number of aromatic amines is 2. The monoisotopic (exact) mass is 637 g/mol. The maximum atomic E-state index is 13.9. The molecule has 0 amide bonds. The molecule has 0 aliphatic rings. The van der Waals surface area contributed by atoms with Crippen molar-refractivity contribution < 1.29 is 4.92 Å². The van der Waals surface area contributed by atoms with Crippen molar-refractivity contribution in [2.24, 2.45) is 0 Å². The summed E-state index contributed by atoms with van der Waals surface area (Å²) in [5.41, 5.74) is 1.95. The molecule has 9 nitrogen and oxygen atoms in total. The zero-order valence-electron chi connectivity index (χ0n) is 20.2. The van der Waals surface area contributed by atoms with Crippen molar-refractivity contribution >= 4 is 37.5 Å². The fourth-order valence-electron chi connectivity index (χ4n) is 4.70. The summed E-state index contributed by atoms with van der Waals surface area (Å²) < 4.78 is 4.47. The highest BCUT2D eigenvalue weighted by Crippen LogP contribution is 2.37. The lowest BCUT2D eigenvalue weighted by Gasteiger charge is -2.16. The summed E-state index contributed by atoms with van der Waals surface area (Å²) in [6.07, 6.45) is 0. The van der Waals surface area contributed by atoms with Crippen LogP contribution in [-0.2, 0) is 0 Å². The molecule has 0 saturated heterocycles. The van der Waals surface area contributed by atoms with E-state index in [0.717, 1.165) is 8.95 Å². The number of nitrogens with zero attached hydrogens (tertiary/aromatic N) is 3. The molecule has 5 aromatic rings. The van der Waals surface area contributed by atoms with Crippen molar-refractivity contribution in [2.45, 2.75) is 19.8 Å². The molecule has 0 atom stereocenters. The van der Waals surface area contributed by atoms with Crippen molar-refractivity contribution in [3.63, 3.8) is 0 Å². The van der Waals surface area contributed by atoms with Gasteiger partial charge in [0.15, 0.2) is 0 Å². The minimum Gasteiger partial charge on any atom is -0.295 e. The lowest BCUT2D eigenvalue weighted by Crippen LogP contribution is -2.25. The van der Waals surface area contributed by atoms with E-state index in [4.69, 9.17) is 0 Å². The van der Waals surface area contributed by atoms with Gasteiger partial charge in [0, 0.05) is 32.0 Å². The molecule has 3 aromatic carbocycles. The SMILES string of the molecule is Cc1[nH]n(-c2ccc(Br)cc2)c(=O)c1C(c1ccccc1[N+](=O)[O-])c1c(C)[nH]n(-c2ccc(Br)cc2)c1=O. The highest BCUT2D eigenvalue weighted by atomic mass is 79.9. The van der Waals surface area contributed by atoms with E-state index >= 15 is 0 Å². The normalized spacial score (nSPS) is 11.3. The van der Waals surface area contributed by atoms with E-state index in [9.17, 15) is 19.7 Å². The number of aryl methyl sites for hydroxylation is 2. The minimum absolute atomic E-state index is 0.178. The third kappa shape index (κ3) is 4.48. The number of rotatable bonds is 6. The van der Waals surface area contributed by atoms with Gasteiger partial charge in [-0.3, -0.25) is 29.9 Å². The van der Waals surface area contributed by atoms with Crippen LogP contribution in [0.3, 0.4) is 0 Å². The molecule has 0 fully saturated rings. The quantitative estimate of drug-likeness (QED) is 0.178. The summed E-state index contributed by atoms with van der Waals surface area (Å²) in [4.78, 5) is 39.4. The summed E-state index contributed by atoms with van der Waals surface area (Å²) in [5.74, 6) is -1.00. The van der Waals surface area contributed by atoms with Crippen LogP contribution in [0.2, 0.25) is 0 Å². The fourth-order valence-corrected chi connectivity index (χ4v) is 5.22. The van der Waals surface area contributed by atoms with Crippen molar-refractivity contribution in [3.05, 3.63) is 141 Å². The zero-order chi connectivity index (χ0) is 27.1. The number of nitro benzene ring substituents is 1. The number of para-hydroxylation sites is 1. The van der Waals surface area contributed by atoms with Gasteiger partial charge in [0.25, 0.3) is 16.8 Å². The second kappa shape index (κ2) is 10.1. The fraction of sp³-hybridized carbons (Fsp3) is 0.111. The Kier molecular flexibility index (Phi) is 6.80. The van der Waals surface area contributed by atoms with Crippen molar-refractivity contribution in [1.82, 2.24) is 19.6 Å². The van der Waals surface area contributed by atoms with E-state index in [1.165, 1.54) is 15.4 Å². The van der Waals surface area contributed by atoms with Gasteiger partial charge in [0.1, 0.15) is 0 Å². The van der Waals surface area contributed by atoms with Crippen molar-refractivity contribution in [2.75, 3.05) is 0 Å². The molecule has 2 N–H and O–H groups in total. The number of hydrogen-bond donors (Lipinski definition) is 2. The van der Waals surface area contributed by atoms with Crippen LogP contribution in [0, 0.1) is 24.0 Å². The molecule has 2 heterocycles. The summed E-state index contributed by atoms with van der Waals surface area (Å²) >= 11 is 6.80. The number of halogens is 2. The van der Waals surface area contributed by atoms with Crippen molar-refractivity contribution in [3.8, 4) is 11.4 Å². The molecule has 38 heavy (non-hydrogen) atoms. The van der Waals surface area contributed by atoms with Gasteiger partial charge < -0.3 is 0 Å². The zero-order valence-corrected chi connectivity index (χ0v) is 23.4. The lowest BCUT2D eigenvalue weighted by molar-refractivity contribution is -0.385. The van der Waals surface area contributed by atoms with Gasteiger partial charge in [-0.1, -0.05) is 50.1 Å². The number of hydrogen-bond acceptors (Lipinski definition) is 4. The lowest BCUT2D eigenvalue weighted by atomic mass is 9.84. The first-order valence-corrected chi connectivity index (χ1v) is 13.1. The maximum Gasteiger partial charge on any atom is 0.275 e. The summed E-state index contributed by atoms with van der Waals surface area (Å²) in [6.45, 7) is 3.45. The summed E-state index contributed by atoms with van der Waals surface area (Å²) in [7, 11) is 0. The van der Waals surface area contributed by atoms with Crippen LogP contribution in [0.1, 0.15) is 34.0 Å². The molecule has 11 heteroatoms. The number of nitro groups is 1. The third-order valence-electron chi connectivity index (χ3n) is 6.43. The average Bonchev–Trinajstić information content (AvgIpc) is 3.36. The Labute approximate surface area is 233 Å². The number of aromatic nitrogens is 4. The van der Waals surface area contributed by atoms with Crippen LogP contribution in [0.5, 0.6) is 0 Å². The van der Waals surface area contributed by atoms with Gasteiger partial charge in [-0.15, -0.1) is 0 Å². The standard InChI is InChI=1S/C27H21Br2N5O4/c1-15-23(26(35)32(30-15)19-11-7-17(28)8-12-19)25(21-5-3-4-6-22(21)34(37)38)24-16(2)31-33(27(24)36)20-13-9-18(29)10-14-20/h3-14,25,30-31H,1-2H3. The molecular formula is C27H21Br2N5O4. The molecule has 5 rings (SSSR count). The van der Waals surface area contributed by atoms with Crippen molar-refractivity contribution in [1.29, 1.82) is 0 Å². The first-order chi connectivity index (χ1) is 18.2. The Bertz CT molecular complexity index is 1680. The van der Waals surface area contributed by atoms with E-state index in [0.29, 0.717) is 22.8 Å². The topological polar surface area (TPSA) is 119 Å². The average molecular weight is 639 g/mol. The highest BCUT2D eigenvalue weighted by molar-refractivity contribution is 9.10. The second-order valence-electron chi connectivity index (χ2n) is 8.78. The Balaban J connectivity index is 1.80. The summed E-state index contributed by atoms with van der Waals surface area (Å²) in [6, 6.07) is 20.5. The van der Waals surface area contributed by atoms with Gasteiger partial charge in [-0.05, 0) is 62.4 Å². The van der Waals surface area contributed by atoms with E-state index in [1.807, 2.05) is 24.3 Å². The van der Waals surface area contributed by atoms with E-state index in [2.05, 4.69) is 42.1 Å². The summed E-state index contributed by atoms with van der Waals surface area (Å²) in [5, 5.41) is 18.3. The Morgan fingerprint density at radius 3 is 1.58 bits per heavy atom. The molecule has 0 bridgehead atoms. The Hall–Kier alpha value is -3.96. The first-order valence-electron chi connectivity index (χ1n) is 11.6. The van der Waals surface area contributed by atoms with Gasteiger partial charge >= 0.3 is 0 Å². The van der Waals surface area contributed by atoms with Crippen LogP contribution >= 0.6 is 31.9 Å². The van der Waals surface area contributed by atoms with Crippen LogP contribution in [0.25, 0.3) is 11.4 Å². The van der Waals surface area contributed by atoms with Gasteiger partial charge in [-0.25, -0.2) is 9.36 Å². The molecule has 0 radical (unpaired) electrons. The molecule has 0 unspecified atom stereocenters. The molecule has 2 aromatic heterocycles. The van der Waals surface area contributed by atoms with Gasteiger partial charge in [-0.2, -0.15) is 0 Å². The van der Waals surface area contributed by atoms with Gasteiger partial charge in [0.2, 0.25) is 0 Å². The van der Waals surface area contributed by atoms with E-state index in [-0.39, 0.29) is 22.4 Å². The predicted octanol–water partition coefficient (Wildman–Crippen LogP) is 5.87. The Morgan fingerprint density at radius 1 is 0.737 bits per heavy atom. The van der Waals surface area contributed by atoms with Gasteiger partial charge in [0.05, 0.1) is 33.3 Å². The number of benzene rings is 3. The molecular weight excluding hydrogens is 618 g/mol. The third-order valence-corrected chi connectivity index (χ3v) is 7.48. The highest BCUT2D eigenvalue weighted by Gasteiger charge is 2.34. The molecule has 0 saturated carbocycles. The minimum atomic E-state index is -1.00. The maximum absolute atomic E-state index is 13.9. The van der Waals surface area contributed by atoms with E-state index < -0.39 is 22.0 Å². The number of H-pyrrole nitrogens is 2. The van der Waals surface area contributed by atoms with E-state index in [1.54, 1.807) is 56.3 Å². The van der Waals surface area contributed by atoms with Crippen LogP contribution in [-0.4, -0.2) is 24.5 Å². The van der Waals surface area contributed by atoms with Crippen LogP contribution in [0.15, 0.2) is 91.3 Å². The second-order valence-corrected chi connectivity index (χ2v) is 10.6. The largest absolute Gasteiger partial charge is 0.295 e.